The van der Waals surface area contributed by atoms with Crippen LogP contribution in [0.3, 0.4) is 0 Å². The maximum atomic E-state index is 12.8. The fourth-order valence-electron chi connectivity index (χ4n) is 1.92. The largest absolute Gasteiger partial charge is 0.250 e. The van der Waals surface area contributed by atoms with Crippen LogP contribution in [0.5, 0.6) is 0 Å². The van der Waals surface area contributed by atoms with Gasteiger partial charge < -0.3 is 0 Å². The Balaban J connectivity index is 1.99. The van der Waals surface area contributed by atoms with Crippen molar-refractivity contribution in [1.29, 1.82) is 0 Å². The van der Waals surface area contributed by atoms with Crippen molar-refractivity contribution in [2.75, 3.05) is 5.33 Å². The molecule has 1 heterocycles. The molecule has 4 heteroatoms. The second-order valence-corrected chi connectivity index (χ2v) is 6.37. The van der Waals surface area contributed by atoms with Gasteiger partial charge in [-0.25, -0.2) is 9.37 Å². The Labute approximate surface area is 119 Å². The van der Waals surface area contributed by atoms with Crippen LogP contribution < -0.4 is 0 Å². The molecule has 0 spiro atoms. The maximum absolute atomic E-state index is 12.8. The molecule has 0 fully saturated rings. The molecule has 0 aliphatic carbocycles. The minimum atomic E-state index is -0.174. The highest BCUT2D eigenvalue weighted by Crippen LogP contribution is 2.21. The minimum absolute atomic E-state index is 0.174. The van der Waals surface area contributed by atoms with Crippen LogP contribution in [0.2, 0.25) is 0 Å². The lowest BCUT2D eigenvalue weighted by Gasteiger charge is -2.12. The van der Waals surface area contributed by atoms with Crippen LogP contribution in [-0.2, 0) is 12.8 Å². The number of aromatic nitrogens is 1. The first-order valence-electron chi connectivity index (χ1n) is 5.89. The number of nitrogens with zero attached hydrogens (tertiary/aromatic N) is 1. The molecule has 2 rings (SSSR count). The summed E-state index contributed by atoms with van der Waals surface area (Å²) < 4.78 is 12.8. The second kappa shape index (κ2) is 6.43. The smallest absolute Gasteiger partial charge is 0.123 e. The van der Waals surface area contributed by atoms with Crippen LogP contribution in [0.4, 0.5) is 4.39 Å². The summed E-state index contributed by atoms with van der Waals surface area (Å²) in [6.07, 6.45) is 3.94. The molecule has 2 aromatic rings. The van der Waals surface area contributed by atoms with E-state index < -0.39 is 0 Å². The van der Waals surface area contributed by atoms with E-state index in [9.17, 15) is 4.39 Å². The molecule has 0 aliphatic heterocycles. The lowest BCUT2D eigenvalue weighted by atomic mass is 9.97. The quantitative estimate of drug-likeness (QED) is 0.742. The van der Waals surface area contributed by atoms with Gasteiger partial charge in [0.1, 0.15) is 5.82 Å². The van der Waals surface area contributed by atoms with Crippen LogP contribution >= 0.6 is 27.3 Å². The summed E-state index contributed by atoms with van der Waals surface area (Å²) in [5.41, 5.74) is 1.18. The SMILES string of the molecule is Cc1ncc(CC(CBr)Cc2ccc(F)cc2)s1. The Kier molecular flexibility index (Phi) is 4.89. The molecule has 18 heavy (non-hydrogen) atoms. The van der Waals surface area contributed by atoms with E-state index in [2.05, 4.69) is 20.9 Å². The Hall–Kier alpha value is -0.740. The van der Waals surface area contributed by atoms with E-state index in [1.807, 2.05) is 25.3 Å². The standard InChI is InChI=1S/C14H15BrFNS/c1-10-17-9-14(18-10)7-12(8-15)6-11-2-4-13(16)5-3-11/h2-5,9,12H,6-8H2,1H3. The predicted octanol–water partition coefficient (Wildman–Crippen LogP) is 4.39. The fraction of sp³-hybridized carbons (Fsp3) is 0.357. The van der Waals surface area contributed by atoms with E-state index in [4.69, 9.17) is 0 Å². The molecule has 1 atom stereocenters. The average molecular weight is 328 g/mol. The Bertz CT molecular complexity index is 495. The van der Waals surface area contributed by atoms with Gasteiger partial charge >= 0.3 is 0 Å². The van der Waals surface area contributed by atoms with Crippen LogP contribution in [0.1, 0.15) is 15.4 Å². The third-order valence-corrected chi connectivity index (χ3v) is 4.67. The van der Waals surface area contributed by atoms with E-state index in [0.29, 0.717) is 5.92 Å². The van der Waals surface area contributed by atoms with Crippen LogP contribution in [0, 0.1) is 18.7 Å². The summed E-state index contributed by atoms with van der Waals surface area (Å²) in [6, 6.07) is 6.78. The molecule has 0 aliphatic rings. The zero-order valence-corrected chi connectivity index (χ0v) is 12.6. The zero-order valence-electron chi connectivity index (χ0n) is 10.2. The van der Waals surface area contributed by atoms with Gasteiger partial charge in [0.15, 0.2) is 0 Å². The number of rotatable bonds is 5. The lowest BCUT2D eigenvalue weighted by Crippen LogP contribution is -2.09. The minimum Gasteiger partial charge on any atom is -0.250 e. The molecule has 1 aromatic heterocycles. The molecule has 0 saturated carbocycles. The van der Waals surface area contributed by atoms with Crippen molar-refractivity contribution >= 4 is 27.3 Å². The third kappa shape index (κ3) is 3.89. The number of halogens is 2. The highest BCUT2D eigenvalue weighted by atomic mass is 79.9. The number of alkyl halides is 1. The van der Waals surface area contributed by atoms with Gasteiger partial charge in [0.2, 0.25) is 0 Å². The first kappa shape index (κ1) is 13.7. The first-order chi connectivity index (χ1) is 8.67. The van der Waals surface area contributed by atoms with Gasteiger partial charge in [0.25, 0.3) is 0 Å². The second-order valence-electron chi connectivity index (χ2n) is 4.40. The van der Waals surface area contributed by atoms with Crippen molar-refractivity contribution in [2.24, 2.45) is 5.92 Å². The summed E-state index contributed by atoms with van der Waals surface area (Å²) in [5.74, 6) is 0.350. The van der Waals surface area contributed by atoms with Crippen molar-refractivity contribution in [3.8, 4) is 0 Å². The molecule has 96 valence electrons. The summed E-state index contributed by atoms with van der Waals surface area (Å²) >= 11 is 5.31. The van der Waals surface area contributed by atoms with Gasteiger partial charge in [0.05, 0.1) is 5.01 Å². The van der Waals surface area contributed by atoms with Crippen LogP contribution in [0.15, 0.2) is 30.5 Å². The van der Waals surface area contributed by atoms with Crippen molar-refractivity contribution in [1.82, 2.24) is 4.98 Å². The lowest BCUT2D eigenvalue weighted by molar-refractivity contribution is 0.592. The topological polar surface area (TPSA) is 12.9 Å². The molecular weight excluding hydrogens is 313 g/mol. The monoisotopic (exact) mass is 327 g/mol. The molecule has 0 radical (unpaired) electrons. The Morgan fingerprint density at radius 2 is 2.00 bits per heavy atom. The zero-order chi connectivity index (χ0) is 13.0. The first-order valence-corrected chi connectivity index (χ1v) is 7.83. The molecule has 0 N–H and O–H groups in total. The molecule has 1 unspecified atom stereocenters. The normalized spacial score (nSPS) is 12.6. The molecule has 0 saturated heterocycles. The van der Waals surface area contributed by atoms with E-state index in [1.165, 1.54) is 22.6 Å². The van der Waals surface area contributed by atoms with Gasteiger partial charge in [0, 0.05) is 16.4 Å². The maximum Gasteiger partial charge on any atom is 0.123 e. The van der Waals surface area contributed by atoms with Crippen molar-refractivity contribution in [3.63, 3.8) is 0 Å². The highest BCUT2D eigenvalue weighted by Gasteiger charge is 2.11. The summed E-state index contributed by atoms with van der Waals surface area (Å²) in [5, 5.41) is 2.06. The third-order valence-electron chi connectivity index (χ3n) is 2.81. The number of thiazole rings is 1. The molecule has 0 bridgehead atoms. The average Bonchev–Trinajstić information content (AvgIpc) is 2.77. The van der Waals surface area contributed by atoms with Crippen LogP contribution in [0.25, 0.3) is 0 Å². The summed E-state index contributed by atoms with van der Waals surface area (Å²) in [4.78, 5) is 5.59. The van der Waals surface area contributed by atoms with Crippen LogP contribution in [-0.4, -0.2) is 10.3 Å². The summed E-state index contributed by atoms with van der Waals surface area (Å²) in [6.45, 7) is 2.03. The van der Waals surface area contributed by atoms with Crippen molar-refractivity contribution in [3.05, 3.63) is 51.7 Å². The predicted molar refractivity (Wildman–Crippen MR) is 77.9 cm³/mol. The van der Waals surface area contributed by atoms with E-state index >= 15 is 0 Å². The number of hydrogen-bond donors (Lipinski definition) is 0. The highest BCUT2D eigenvalue weighted by molar-refractivity contribution is 9.09. The molecular formula is C14H15BrFNS. The number of benzene rings is 1. The number of hydrogen-bond acceptors (Lipinski definition) is 2. The van der Waals surface area contributed by atoms with E-state index in [-0.39, 0.29) is 5.82 Å². The fourth-order valence-corrected chi connectivity index (χ4v) is 3.29. The Morgan fingerprint density at radius 3 is 2.56 bits per heavy atom. The van der Waals surface area contributed by atoms with Gasteiger partial charge in [-0.3, -0.25) is 0 Å². The summed E-state index contributed by atoms with van der Waals surface area (Å²) in [7, 11) is 0. The Morgan fingerprint density at radius 1 is 1.28 bits per heavy atom. The van der Waals surface area contributed by atoms with Gasteiger partial charge in [-0.15, -0.1) is 11.3 Å². The van der Waals surface area contributed by atoms with Crippen molar-refractivity contribution < 1.29 is 4.39 Å². The molecule has 1 nitrogen and oxygen atoms in total. The van der Waals surface area contributed by atoms with Crippen molar-refractivity contribution in [2.45, 2.75) is 19.8 Å². The van der Waals surface area contributed by atoms with E-state index in [0.717, 1.165) is 23.2 Å². The van der Waals surface area contributed by atoms with Gasteiger partial charge in [-0.05, 0) is 43.4 Å². The van der Waals surface area contributed by atoms with Gasteiger partial charge in [-0.1, -0.05) is 28.1 Å². The van der Waals surface area contributed by atoms with Gasteiger partial charge in [-0.2, -0.15) is 0 Å². The molecule has 0 amide bonds. The number of aryl methyl sites for hydroxylation is 1. The van der Waals surface area contributed by atoms with E-state index in [1.54, 1.807) is 11.3 Å². The molecule has 1 aromatic carbocycles.